The van der Waals surface area contributed by atoms with Gasteiger partial charge in [0.05, 0.1) is 19.4 Å². The molecule has 1 heterocycles. The third kappa shape index (κ3) is 5.84. The van der Waals surface area contributed by atoms with Gasteiger partial charge in [-0.15, -0.1) is 0 Å². The topological polar surface area (TPSA) is 112 Å². The third-order valence-electron chi connectivity index (χ3n) is 4.99. The molecule has 0 unspecified atom stereocenters. The van der Waals surface area contributed by atoms with Gasteiger partial charge in [0.2, 0.25) is 11.8 Å². The zero-order valence-corrected chi connectivity index (χ0v) is 16.2. The molecule has 0 atom stereocenters. The van der Waals surface area contributed by atoms with Crippen LogP contribution in [-0.2, 0) is 22.7 Å². The second-order valence-corrected chi connectivity index (χ2v) is 7.12. The molecule has 3 rings (SSSR count). The maximum atomic E-state index is 12.8. The van der Waals surface area contributed by atoms with E-state index < -0.39 is 11.6 Å². The number of urea groups is 1. The Morgan fingerprint density at radius 3 is 2.34 bits per heavy atom. The van der Waals surface area contributed by atoms with Gasteiger partial charge in [0.15, 0.2) is 0 Å². The molecule has 0 radical (unpaired) electrons. The lowest BCUT2D eigenvalue weighted by Crippen LogP contribution is -2.60. The van der Waals surface area contributed by atoms with Gasteiger partial charge in [0.1, 0.15) is 11.3 Å². The zero-order valence-electron chi connectivity index (χ0n) is 16.2. The van der Waals surface area contributed by atoms with Gasteiger partial charge in [-0.2, -0.15) is 0 Å². The number of carbonyl (C=O) groups excluding carboxylic acids is 3. The molecule has 4 amide bonds. The van der Waals surface area contributed by atoms with Crippen molar-refractivity contribution in [1.29, 1.82) is 0 Å². The van der Waals surface area contributed by atoms with Crippen molar-refractivity contribution in [1.82, 2.24) is 21.3 Å². The molecule has 1 aromatic heterocycles. The van der Waals surface area contributed by atoms with Crippen LogP contribution in [0.4, 0.5) is 4.79 Å². The van der Waals surface area contributed by atoms with E-state index in [1.54, 1.807) is 12.1 Å². The molecule has 154 valence electrons. The van der Waals surface area contributed by atoms with Crippen LogP contribution in [0.15, 0.2) is 53.1 Å². The number of hydrogen-bond donors (Lipinski definition) is 4. The predicted molar refractivity (Wildman–Crippen MR) is 107 cm³/mol. The number of carbonyl (C=O) groups is 3. The van der Waals surface area contributed by atoms with Crippen LogP contribution in [0, 0.1) is 0 Å². The fourth-order valence-electron chi connectivity index (χ4n) is 3.42. The molecule has 1 aromatic carbocycles. The van der Waals surface area contributed by atoms with Gasteiger partial charge in [-0.05, 0) is 30.5 Å². The summed E-state index contributed by atoms with van der Waals surface area (Å²) < 4.78 is 5.15. The van der Waals surface area contributed by atoms with E-state index >= 15 is 0 Å². The Hall–Kier alpha value is -3.29. The molecule has 1 saturated carbocycles. The minimum atomic E-state index is -0.984. The van der Waals surface area contributed by atoms with Gasteiger partial charge >= 0.3 is 6.03 Å². The Morgan fingerprint density at radius 1 is 0.897 bits per heavy atom. The highest BCUT2D eigenvalue weighted by Crippen LogP contribution is 2.29. The predicted octanol–water partition coefficient (Wildman–Crippen LogP) is 1.82. The molecule has 0 saturated heterocycles. The van der Waals surface area contributed by atoms with Crippen LogP contribution in [0.2, 0.25) is 0 Å². The minimum absolute atomic E-state index is 0.158. The van der Waals surface area contributed by atoms with E-state index in [2.05, 4.69) is 21.3 Å². The van der Waals surface area contributed by atoms with Crippen LogP contribution in [0.25, 0.3) is 0 Å². The number of furan rings is 1. The zero-order chi connectivity index (χ0) is 20.5. The molecule has 1 aliphatic carbocycles. The Kier molecular flexibility index (Phi) is 6.89. The van der Waals surface area contributed by atoms with Crippen molar-refractivity contribution in [2.45, 2.75) is 44.3 Å². The second kappa shape index (κ2) is 9.77. The summed E-state index contributed by atoms with van der Waals surface area (Å²) in [6.07, 6.45) is 4.31. The lowest BCUT2D eigenvalue weighted by Gasteiger charge is -2.29. The van der Waals surface area contributed by atoms with Crippen molar-refractivity contribution >= 4 is 17.8 Å². The standard InChI is InChI=1S/C21H26N4O4/c26-18(22-14-17-9-6-12-29-17)15-23-19(27)21(10-4-5-11-21)25-20(28)24-13-16-7-2-1-3-8-16/h1-3,6-9,12H,4-5,10-11,13-15H2,(H,22,26)(H,23,27)(H2,24,25,28). The maximum absolute atomic E-state index is 12.8. The lowest BCUT2D eigenvalue weighted by atomic mass is 9.96. The molecule has 29 heavy (non-hydrogen) atoms. The lowest BCUT2D eigenvalue weighted by molar-refractivity contribution is -0.130. The summed E-state index contributed by atoms with van der Waals surface area (Å²) >= 11 is 0. The summed E-state index contributed by atoms with van der Waals surface area (Å²) in [7, 11) is 0. The van der Waals surface area contributed by atoms with Crippen LogP contribution < -0.4 is 21.3 Å². The fourth-order valence-corrected chi connectivity index (χ4v) is 3.42. The molecular formula is C21H26N4O4. The van der Waals surface area contributed by atoms with Crippen molar-refractivity contribution < 1.29 is 18.8 Å². The Labute approximate surface area is 169 Å². The van der Waals surface area contributed by atoms with Crippen molar-refractivity contribution in [3.63, 3.8) is 0 Å². The highest BCUT2D eigenvalue weighted by Gasteiger charge is 2.42. The first-order valence-electron chi connectivity index (χ1n) is 9.75. The summed E-state index contributed by atoms with van der Waals surface area (Å²) in [6.45, 7) is 0.473. The van der Waals surface area contributed by atoms with Crippen LogP contribution in [0.3, 0.4) is 0 Å². The molecule has 1 fully saturated rings. The molecule has 2 aromatic rings. The molecule has 0 bridgehead atoms. The second-order valence-electron chi connectivity index (χ2n) is 7.12. The average Bonchev–Trinajstić information content (AvgIpc) is 3.42. The Balaban J connectivity index is 1.47. The number of nitrogens with one attached hydrogen (secondary N) is 4. The fraction of sp³-hybridized carbons (Fsp3) is 0.381. The summed E-state index contributed by atoms with van der Waals surface area (Å²) in [5, 5.41) is 10.9. The van der Waals surface area contributed by atoms with E-state index in [0.717, 1.165) is 18.4 Å². The van der Waals surface area contributed by atoms with Crippen LogP contribution in [-0.4, -0.2) is 29.9 Å². The number of rotatable bonds is 8. The van der Waals surface area contributed by atoms with Crippen molar-refractivity contribution in [2.75, 3.05) is 6.54 Å². The number of benzene rings is 1. The monoisotopic (exact) mass is 398 g/mol. The SMILES string of the molecule is O=C(CNC(=O)C1(NC(=O)NCc2ccccc2)CCCC1)NCc1ccco1. The van der Waals surface area contributed by atoms with E-state index in [-0.39, 0.29) is 24.9 Å². The van der Waals surface area contributed by atoms with Gasteiger partial charge < -0.3 is 25.7 Å². The van der Waals surface area contributed by atoms with E-state index in [1.807, 2.05) is 30.3 Å². The van der Waals surface area contributed by atoms with Gasteiger partial charge in [0, 0.05) is 6.54 Å². The van der Waals surface area contributed by atoms with Gasteiger partial charge in [-0.1, -0.05) is 43.2 Å². The molecule has 8 heteroatoms. The molecule has 8 nitrogen and oxygen atoms in total. The summed E-state index contributed by atoms with van der Waals surface area (Å²) in [6, 6.07) is 12.6. The normalized spacial score (nSPS) is 14.8. The summed E-state index contributed by atoms with van der Waals surface area (Å²) in [5.74, 6) is -0.0249. The van der Waals surface area contributed by atoms with Crippen LogP contribution in [0.1, 0.15) is 37.0 Å². The van der Waals surface area contributed by atoms with Gasteiger partial charge in [0.25, 0.3) is 0 Å². The van der Waals surface area contributed by atoms with Gasteiger partial charge in [-0.3, -0.25) is 9.59 Å². The van der Waals surface area contributed by atoms with Crippen LogP contribution >= 0.6 is 0 Å². The van der Waals surface area contributed by atoms with E-state index in [4.69, 9.17) is 4.42 Å². The largest absolute Gasteiger partial charge is 0.467 e. The van der Waals surface area contributed by atoms with E-state index in [0.29, 0.717) is 25.1 Å². The minimum Gasteiger partial charge on any atom is -0.467 e. The first kappa shape index (κ1) is 20.4. The van der Waals surface area contributed by atoms with Crippen molar-refractivity contribution in [3.05, 3.63) is 60.1 Å². The third-order valence-corrected chi connectivity index (χ3v) is 4.99. The van der Waals surface area contributed by atoms with Gasteiger partial charge in [-0.25, -0.2) is 4.79 Å². The first-order valence-corrected chi connectivity index (χ1v) is 9.75. The number of hydrogen-bond acceptors (Lipinski definition) is 4. The van der Waals surface area contributed by atoms with E-state index in [9.17, 15) is 14.4 Å². The molecule has 0 aliphatic heterocycles. The quantitative estimate of drug-likeness (QED) is 0.543. The maximum Gasteiger partial charge on any atom is 0.315 e. The van der Waals surface area contributed by atoms with Crippen molar-refractivity contribution in [2.24, 2.45) is 0 Å². The number of amides is 4. The molecular weight excluding hydrogens is 372 g/mol. The molecule has 1 aliphatic rings. The molecule has 0 spiro atoms. The summed E-state index contributed by atoms with van der Waals surface area (Å²) in [4.78, 5) is 37.1. The Bertz CT molecular complexity index is 814. The smallest absolute Gasteiger partial charge is 0.315 e. The van der Waals surface area contributed by atoms with Crippen molar-refractivity contribution in [3.8, 4) is 0 Å². The first-order chi connectivity index (χ1) is 14.1. The average molecular weight is 398 g/mol. The van der Waals surface area contributed by atoms with Crippen LogP contribution in [0.5, 0.6) is 0 Å². The molecule has 4 N–H and O–H groups in total. The Morgan fingerprint density at radius 2 is 1.66 bits per heavy atom. The highest BCUT2D eigenvalue weighted by atomic mass is 16.3. The van der Waals surface area contributed by atoms with E-state index in [1.165, 1.54) is 6.26 Å². The summed E-state index contributed by atoms with van der Waals surface area (Å²) in [5.41, 5.74) is -0.0111. The highest BCUT2D eigenvalue weighted by molar-refractivity contribution is 5.93.